The van der Waals surface area contributed by atoms with Crippen LogP contribution in [0.3, 0.4) is 0 Å². The summed E-state index contributed by atoms with van der Waals surface area (Å²) in [6, 6.07) is 7.57. The molecule has 2 N–H and O–H groups in total. The van der Waals surface area contributed by atoms with Gasteiger partial charge < -0.3 is 15.5 Å². The molecule has 0 saturated heterocycles. The van der Waals surface area contributed by atoms with Gasteiger partial charge in [0.15, 0.2) is 0 Å². The summed E-state index contributed by atoms with van der Waals surface area (Å²) in [6.07, 6.45) is 0.928. The number of carbonyl (C=O) groups is 2. The van der Waals surface area contributed by atoms with Gasteiger partial charge in [-0.15, -0.1) is 0 Å². The number of hydrogen-bond acceptors (Lipinski definition) is 3. The summed E-state index contributed by atoms with van der Waals surface area (Å²) in [6.45, 7) is 3.36. The molecule has 5 heteroatoms. The minimum atomic E-state index is -0.361. The van der Waals surface area contributed by atoms with Crippen molar-refractivity contribution in [3.63, 3.8) is 0 Å². The molecule has 0 bridgehead atoms. The van der Waals surface area contributed by atoms with E-state index in [2.05, 4.69) is 10.6 Å². The molecular formula is C15H21N3O2. The summed E-state index contributed by atoms with van der Waals surface area (Å²) < 4.78 is 0. The highest BCUT2D eigenvalue weighted by Gasteiger charge is 2.25. The van der Waals surface area contributed by atoms with Crippen LogP contribution in [-0.2, 0) is 16.0 Å². The predicted octanol–water partition coefficient (Wildman–Crippen LogP) is 0.468. The Labute approximate surface area is 119 Å². The number of carbonyl (C=O) groups excluding carboxylic acids is 2. The standard InChI is InChI=1S/C15H21N3O2/c1-3-18(2)13(19)10-17-15(20)14-12-7-5-4-6-11(12)8-9-16-14/h4-7,14,16H,3,8-10H2,1-2H3,(H,17,20). The van der Waals surface area contributed by atoms with E-state index in [4.69, 9.17) is 0 Å². The number of benzene rings is 1. The number of nitrogens with one attached hydrogen (secondary N) is 2. The van der Waals surface area contributed by atoms with Gasteiger partial charge in [-0.25, -0.2) is 0 Å². The highest BCUT2D eigenvalue weighted by Crippen LogP contribution is 2.22. The van der Waals surface area contributed by atoms with Crippen molar-refractivity contribution in [1.29, 1.82) is 0 Å². The summed E-state index contributed by atoms with van der Waals surface area (Å²) in [5, 5.41) is 5.92. The largest absolute Gasteiger partial charge is 0.345 e. The molecule has 1 aromatic rings. The zero-order valence-corrected chi connectivity index (χ0v) is 12.0. The number of fused-ring (bicyclic) bond motifs is 1. The van der Waals surface area contributed by atoms with Gasteiger partial charge in [-0.05, 0) is 24.5 Å². The molecule has 108 valence electrons. The van der Waals surface area contributed by atoms with Crippen molar-refractivity contribution in [1.82, 2.24) is 15.5 Å². The molecule has 5 nitrogen and oxygen atoms in total. The number of likely N-dealkylation sites (N-methyl/N-ethyl adjacent to an activating group) is 1. The van der Waals surface area contributed by atoms with Gasteiger partial charge in [-0.3, -0.25) is 9.59 Å². The van der Waals surface area contributed by atoms with E-state index in [0.717, 1.165) is 18.5 Å². The van der Waals surface area contributed by atoms with Crippen molar-refractivity contribution < 1.29 is 9.59 Å². The average molecular weight is 275 g/mol. The van der Waals surface area contributed by atoms with Gasteiger partial charge in [0.05, 0.1) is 6.54 Å². The minimum Gasteiger partial charge on any atom is -0.345 e. The predicted molar refractivity (Wildman–Crippen MR) is 77.2 cm³/mol. The Kier molecular flexibility index (Phi) is 4.74. The van der Waals surface area contributed by atoms with Gasteiger partial charge in [0.2, 0.25) is 11.8 Å². The van der Waals surface area contributed by atoms with Gasteiger partial charge >= 0.3 is 0 Å². The fourth-order valence-corrected chi connectivity index (χ4v) is 2.31. The minimum absolute atomic E-state index is 0.0452. The van der Waals surface area contributed by atoms with Gasteiger partial charge in [0.1, 0.15) is 6.04 Å². The Hall–Kier alpha value is -1.88. The molecule has 2 rings (SSSR count). The highest BCUT2D eigenvalue weighted by atomic mass is 16.2. The van der Waals surface area contributed by atoms with E-state index in [9.17, 15) is 9.59 Å². The second-order valence-electron chi connectivity index (χ2n) is 4.96. The van der Waals surface area contributed by atoms with Gasteiger partial charge in [0.25, 0.3) is 0 Å². The smallest absolute Gasteiger partial charge is 0.242 e. The topological polar surface area (TPSA) is 61.4 Å². The lowest BCUT2D eigenvalue weighted by Crippen LogP contribution is -2.45. The third-order valence-corrected chi connectivity index (χ3v) is 3.69. The Bertz CT molecular complexity index is 502. The van der Waals surface area contributed by atoms with E-state index in [1.54, 1.807) is 11.9 Å². The quantitative estimate of drug-likeness (QED) is 0.839. The molecule has 1 unspecified atom stereocenters. The molecule has 0 radical (unpaired) electrons. The number of rotatable bonds is 4. The maximum absolute atomic E-state index is 12.2. The molecule has 0 fully saturated rings. The van der Waals surface area contributed by atoms with Crippen molar-refractivity contribution >= 4 is 11.8 Å². The van der Waals surface area contributed by atoms with E-state index < -0.39 is 0 Å². The lowest BCUT2D eigenvalue weighted by atomic mass is 9.94. The molecule has 1 aliphatic heterocycles. The van der Waals surface area contributed by atoms with Crippen LogP contribution in [0.5, 0.6) is 0 Å². The highest BCUT2D eigenvalue weighted by molar-refractivity contribution is 5.88. The maximum Gasteiger partial charge on any atom is 0.242 e. The van der Waals surface area contributed by atoms with Crippen molar-refractivity contribution in [2.45, 2.75) is 19.4 Å². The van der Waals surface area contributed by atoms with E-state index in [1.165, 1.54) is 5.56 Å². The normalized spacial score (nSPS) is 17.2. The molecule has 1 aliphatic rings. The van der Waals surface area contributed by atoms with Crippen molar-refractivity contribution in [3.8, 4) is 0 Å². The van der Waals surface area contributed by atoms with Crippen molar-refractivity contribution in [2.75, 3.05) is 26.7 Å². The monoisotopic (exact) mass is 275 g/mol. The average Bonchev–Trinajstić information content (AvgIpc) is 2.50. The summed E-state index contributed by atoms with van der Waals surface area (Å²) >= 11 is 0. The van der Waals surface area contributed by atoms with E-state index in [1.807, 2.05) is 31.2 Å². The first-order chi connectivity index (χ1) is 9.63. The lowest BCUT2D eigenvalue weighted by molar-refractivity contribution is -0.132. The molecular weight excluding hydrogens is 254 g/mol. The Balaban J connectivity index is 1.99. The number of hydrogen-bond donors (Lipinski definition) is 2. The second-order valence-corrected chi connectivity index (χ2v) is 4.96. The third-order valence-electron chi connectivity index (χ3n) is 3.69. The van der Waals surface area contributed by atoms with Crippen LogP contribution in [-0.4, -0.2) is 43.4 Å². The molecule has 20 heavy (non-hydrogen) atoms. The van der Waals surface area contributed by atoms with Crippen LogP contribution in [0.2, 0.25) is 0 Å². The van der Waals surface area contributed by atoms with Crippen LogP contribution in [0, 0.1) is 0 Å². The first kappa shape index (κ1) is 14.5. The van der Waals surface area contributed by atoms with E-state index in [-0.39, 0.29) is 24.4 Å². The third kappa shape index (κ3) is 3.17. The summed E-state index contributed by atoms with van der Waals surface area (Å²) in [7, 11) is 1.72. The van der Waals surface area contributed by atoms with E-state index in [0.29, 0.717) is 6.54 Å². The maximum atomic E-state index is 12.2. The summed E-state index contributed by atoms with van der Waals surface area (Å²) in [4.78, 5) is 25.5. The zero-order chi connectivity index (χ0) is 14.5. The van der Waals surface area contributed by atoms with Crippen molar-refractivity contribution in [3.05, 3.63) is 35.4 Å². The van der Waals surface area contributed by atoms with Crippen molar-refractivity contribution in [2.24, 2.45) is 0 Å². The molecule has 1 atom stereocenters. The molecule has 0 spiro atoms. The first-order valence-corrected chi connectivity index (χ1v) is 6.96. The van der Waals surface area contributed by atoms with Crippen LogP contribution in [0.15, 0.2) is 24.3 Å². The van der Waals surface area contributed by atoms with Gasteiger partial charge in [-0.1, -0.05) is 24.3 Å². The molecule has 1 aromatic carbocycles. The molecule has 0 aromatic heterocycles. The molecule has 0 aliphatic carbocycles. The number of amides is 2. The molecule has 1 heterocycles. The zero-order valence-electron chi connectivity index (χ0n) is 12.0. The molecule has 0 saturated carbocycles. The van der Waals surface area contributed by atoms with Gasteiger partial charge in [-0.2, -0.15) is 0 Å². The van der Waals surface area contributed by atoms with Crippen LogP contribution in [0.1, 0.15) is 24.1 Å². The Morgan fingerprint density at radius 1 is 1.40 bits per heavy atom. The Morgan fingerprint density at radius 2 is 2.15 bits per heavy atom. The first-order valence-electron chi connectivity index (χ1n) is 6.96. The fraction of sp³-hybridized carbons (Fsp3) is 0.467. The van der Waals surface area contributed by atoms with Crippen LogP contribution < -0.4 is 10.6 Å². The summed E-state index contributed by atoms with van der Waals surface area (Å²) in [5.74, 6) is -0.222. The van der Waals surface area contributed by atoms with Crippen LogP contribution in [0.25, 0.3) is 0 Å². The Morgan fingerprint density at radius 3 is 2.90 bits per heavy atom. The van der Waals surface area contributed by atoms with Crippen LogP contribution in [0.4, 0.5) is 0 Å². The SMILES string of the molecule is CCN(C)C(=O)CNC(=O)C1NCCc2ccccc21. The van der Waals surface area contributed by atoms with Crippen LogP contribution >= 0.6 is 0 Å². The molecule has 2 amide bonds. The van der Waals surface area contributed by atoms with Gasteiger partial charge in [0, 0.05) is 20.1 Å². The second kappa shape index (κ2) is 6.52. The van der Waals surface area contributed by atoms with E-state index >= 15 is 0 Å². The fourth-order valence-electron chi connectivity index (χ4n) is 2.31. The summed E-state index contributed by atoms with van der Waals surface area (Å²) in [5.41, 5.74) is 2.20. The lowest BCUT2D eigenvalue weighted by Gasteiger charge is -2.26. The number of nitrogens with zero attached hydrogens (tertiary/aromatic N) is 1.